The van der Waals surface area contributed by atoms with Crippen molar-refractivity contribution >= 4 is 10.9 Å². The van der Waals surface area contributed by atoms with Crippen molar-refractivity contribution in [2.45, 2.75) is 26.2 Å². The van der Waals surface area contributed by atoms with E-state index in [0.29, 0.717) is 28.2 Å². The molecule has 1 unspecified atom stereocenters. The fourth-order valence-electron chi connectivity index (χ4n) is 3.17. The zero-order valence-corrected chi connectivity index (χ0v) is 15.3. The fourth-order valence-corrected chi connectivity index (χ4v) is 3.17. The van der Waals surface area contributed by atoms with Crippen LogP contribution in [-0.2, 0) is 0 Å². The van der Waals surface area contributed by atoms with Gasteiger partial charge in [-0.1, -0.05) is 38.1 Å². The van der Waals surface area contributed by atoms with Gasteiger partial charge in [0.25, 0.3) is 5.56 Å². The van der Waals surface area contributed by atoms with E-state index in [0.717, 1.165) is 12.1 Å². The molecular weight excluding hydrogens is 336 g/mol. The van der Waals surface area contributed by atoms with Gasteiger partial charge < -0.3 is 0 Å². The highest BCUT2D eigenvalue weighted by Crippen LogP contribution is 2.23. The van der Waals surface area contributed by atoms with Gasteiger partial charge in [-0.2, -0.15) is 0 Å². The molecule has 134 valence electrons. The summed E-state index contributed by atoms with van der Waals surface area (Å²) in [6, 6.07) is 15.5. The van der Waals surface area contributed by atoms with Crippen molar-refractivity contribution in [2.24, 2.45) is 0 Å². The van der Waals surface area contributed by atoms with Crippen LogP contribution in [0.2, 0.25) is 0 Å². The van der Waals surface area contributed by atoms with Crippen LogP contribution in [0.5, 0.6) is 0 Å². The minimum absolute atomic E-state index is 0.101. The molecule has 27 heavy (non-hydrogen) atoms. The van der Waals surface area contributed by atoms with Gasteiger partial charge in [-0.3, -0.25) is 9.36 Å². The number of nitrogens with zero attached hydrogens (tertiary/aromatic N) is 4. The van der Waals surface area contributed by atoms with E-state index in [2.05, 4.69) is 35.9 Å². The Hall–Kier alpha value is -3.34. The predicted octanol–water partition coefficient (Wildman–Crippen LogP) is 4.36. The lowest BCUT2D eigenvalue weighted by Gasteiger charge is -2.15. The van der Waals surface area contributed by atoms with Crippen molar-refractivity contribution in [3.05, 3.63) is 83.2 Å². The largest absolute Gasteiger partial charge is 0.268 e. The molecule has 1 atom stereocenters. The van der Waals surface area contributed by atoms with Gasteiger partial charge in [0.2, 0.25) is 0 Å². The van der Waals surface area contributed by atoms with Crippen LogP contribution in [0.25, 0.3) is 28.0 Å². The first-order valence-corrected chi connectivity index (χ1v) is 9.06. The lowest BCUT2D eigenvalue weighted by Crippen LogP contribution is -2.22. The van der Waals surface area contributed by atoms with Crippen LogP contribution in [0, 0.1) is 0 Å². The predicted molar refractivity (Wildman–Crippen MR) is 107 cm³/mol. The highest BCUT2D eigenvalue weighted by atomic mass is 16.1. The molecule has 5 heteroatoms. The van der Waals surface area contributed by atoms with E-state index in [1.807, 2.05) is 30.3 Å². The van der Waals surface area contributed by atoms with Crippen LogP contribution in [-0.4, -0.2) is 19.5 Å². The molecule has 0 aliphatic rings. The Balaban J connectivity index is 1.98. The highest BCUT2D eigenvalue weighted by molar-refractivity contribution is 5.80. The maximum atomic E-state index is 13.3. The number of aromatic nitrogens is 4. The van der Waals surface area contributed by atoms with E-state index >= 15 is 0 Å². The molecule has 0 spiro atoms. The molecule has 2 aromatic carbocycles. The Morgan fingerprint density at radius 3 is 2.41 bits per heavy atom. The van der Waals surface area contributed by atoms with E-state index < -0.39 is 0 Å². The summed E-state index contributed by atoms with van der Waals surface area (Å²) in [5.41, 5.74) is 3.30. The molecule has 0 amide bonds. The van der Waals surface area contributed by atoms with Crippen LogP contribution in [0.15, 0.2) is 72.0 Å². The fraction of sp³-hybridized carbons (Fsp3) is 0.182. The first-order valence-electron chi connectivity index (χ1n) is 9.06. The molecule has 2 heterocycles. The smallest absolute Gasteiger partial charge is 0.266 e. The van der Waals surface area contributed by atoms with Crippen molar-refractivity contribution in [2.75, 3.05) is 0 Å². The van der Waals surface area contributed by atoms with Gasteiger partial charge in [-0.15, -0.1) is 0 Å². The van der Waals surface area contributed by atoms with E-state index in [-0.39, 0.29) is 5.56 Å². The number of fused-ring (bicyclic) bond motifs is 1. The summed E-state index contributed by atoms with van der Waals surface area (Å²) in [6.07, 6.45) is 5.89. The maximum Gasteiger partial charge on any atom is 0.266 e. The minimum Gasteiger partial charge on any atom is -0.268 e. The van der Waals surface area contributed by atoms with Crippen molar-refractivity contribution < 1.29 is 0 Å². The average molecular weight is 356 g/mol. The van der Waals surface area contributed by atoms with Gasteiger partial charge in [-0.25, -0.2) is 15.0 Å². The summed E-state index contributed by atoms with van der Waals surface area (Å²) >= 11 is 0. The van der Waals surface area contributed by atoms with Crippen LogP contribution in [0.4, 0.5) is 0 Å². The Morgan fingerprint density at radius 1 is 1.00 bits per heavy atom. The molecule has 0 radical (unpaired) electrons. The Labute approximate surface area is 157 Å². The van der Waals surface area contributed by atoms with Gasteiger partial charge in [0.1, 0.15) is 6.33 Å². The zero-order chi connectivity index (χ0) is 18.8. The molecule has 0 aliphatic carbocycles. The molecule has 0 N–H and O–H groups in total. The molecule has 5 nitrogen and oxygen atoms in total. The van der Waals surface area contributed by atoms with Gasteiger partial charge in [0, 0.05) is 12.4 Å². The molecule has 4 aromatic rings. The van der Waals surface area contributed by atoms with Crippen molar-refractivity contribution in [1.29, 1.82) is 0 Å². The van der Waals surface area contributed by atoms with Gasteiger partial charge >= 0.3 is 0 Å². The van der Waals surface area contributed by atoms with Crippen LogP contribution >= 0.6 is 0 Å². The van der Waals surface area contributed by atoms with Crippen LogP contribution < -0.4 is 5.56 Å². The Kier molecular flexibility index (Phi) is 4.50. The van der Waals surface area contributed by atoms with E-state index in [4.69, 9.17) is 4.98 Å². The quantitative estimate of drug-likeness (QED) is 0.545. The van der Waals surface area contributed by atoms with E-state index in [9.17, 15) is 4.79 Å². The molecule has 2 aromatic heterocycles. The Morgan fingerprint density at radius 2 is 1.70 bits per heavy atom. The molecule has 0 bridgehead atoms. The SMILES string of the molecule is CCC(C)c1ccc(-n2c(-c3cncnc3)nc3ccccc3c2=O)cc1. The van der Waals surface area contributed by atoms with Gasteiger partial charge in [0.15, 0.2) is 5.82 Å². The average Bonchev–Trinajstić information content (AvgIpc) is 2.74. The molecule has 0 aliphatic heterocycles. The molecule has 4 rings (SSSR count). The van der Waals surface area contributed by atoms with Crippen molar-refractivity contribution in [1.82, 2.24) is 19.5 Å². The van der Waals surface area contributed by atoms with E-state index in [1.54, 1.807) is 23.0 Å². The second kappa shape index (κ2) is 7.11. The number of hydrogen-bond donors (Lipinski definition) is 0. The summed E-state index contributed by atoms with van der Waals surface area (Å²) < 4.78 is 1.64. The maximum absolute atomic E-state index is 13.3. The highest BCUT2D eigenvalue weighted by Gasteiger charge is 2.15. The van der Waals surface area contributed by atoms with Gasteiger partial charge in [-0.05, 0) is 42.2 Å². The number of hydrogen-bond acceptors (Lipinski definition) is 4. The minimum atomic E-state index is -0.101. The number of rotatable bonds is 4. The number of benzene rings is 2. The first-order chi connectivity index (χ1) is 13.2. The summed E-state index contributed by atoms with van der Waals surface area (Å²) in [5, 5.41) is 0.587. The second-order valence-corrected chi connectivity index (χ2v) is 6.62. The standard InChI is InChI=1S/C22H20N4O/c1-3-15(2)16-8-10-18(11-9-16)26-21(17-12-23-14-24-13-17)25-20-7-5-4-6-19(20)22(26)27/h4-15H,3H2,1-2H3. The lowest BCUT2D eigenvalue weighted by molar-refractivity contribution is 0.733. The molecule has 0 fully saturated rings. The van der Waals surface area contributed by atoms with Crippen molar-refractivity contribution in [3.63, 3.8) is 0 Å². The van der Waals surface area contributed by atoms with Crippen molar-refractivity contribution in [3.8, 4) is 17.1 Å². The Bertz CT molecular complexity index is 1130. The third kappa shape index (κ3) is 3.12. The lowest BCUT2D eigenvalue weighted by atomic mass is 9.98. The number of para-hydroxylation sites is 1. The monoisotopic (exact) mass is 356 g/mol. The van der Waals surface area contributed by atoms with E-state index in [1.165, 1.54) is 11.9 Å². The van der Waals surface area contributed by atoms with Crippen LogP contribution in [0.1, 0.15) is 31.7 Å². The molecule has 0 saturated heterocycles. The first kappa shape index (κ1) is 17.1. The topological polar surface area (TPSA) is 60.7 Å². The molecular formula is C22H20N4O. The third-order valence-corrected chi connectivity index (χ3v) is 4.93. The summed E-state index contributed by atoms with van der Waals surface area (Å²) in [6.45, 7) is 4.37. The zero-order valence-electron chi connectivity index (χ0n) is 15.3. The van der Waals surface area contributed by atoms with Gasteiger partial charge in [0.05, 0.1) is 22.2 Å². The summed E-state index contributed by atoms with van der Waals surface area (Å²) in [7, 11) is 0. The molecule has 0 saturated carbocycles. The third-order valence-electron chi connectivity index (χ3n) is 4.93. The summed E-state index contributed by atoms with van der Waals surface area (Å²) in [4.78, 5) is 26.2. The second-order valence-electron chi connectivity index (χ2n) is 6.62. The van der Waals surface area contributed by atoms with Crippen LogP contribution in [0.3, 0.4) is 0 Å². The normalized spacial score (nSPS) is 12.2. The summed E-state index contributed by atoms with van der Waals surface area (Å²) in [5.74, 6) is 1.02.